The number of aromatic nitrogens is 1. The molecule has 2 N–H and O–H groups in total. The highest BCUT2D eigenvalue weighted by molar-refractivity contribution is 5.96. The number of benzene rings is 1. The Morgan fingerprint density at radius 3 is 2.60 bits per heavy atom. The van der Waals surface area contributed by atoms with Gasteiger partial charge in [0.1, 0.15) is 5.82 Å². The number of hydrogen-bond donors (Lipinski definition) is 2. The molecule has 0 aliphatic carbocycles. The molecule has 1 aromatic heterocycles. The Labute approximate surface area is 154 Å². The normalized spacial score (nSPS) is 20.0. The molecular weight excluding hydrogens is 341 g/mol. The molecule has 2 atom stereocenters. The number of piperidine rings is 1. The standard InChI is InChI=1S/C19H24FN3O.ClH/c1-12-11-21-9-8-18(12)22-19(24)17-10-13(2)23(14(17)3)16-6-4-15(20)5-7-16;/h4-7,10,12,18,21H,8-9,11H2,1-3H3,(H,22,24);1H. The van der Waals surface area contributed by atoms with Crippen LogP contribution in [0.1, 0.15) is 35.1 Å². The number of carbonyl (C=O) groups is 1. The molecule has 1 aromatic carbocycles. The lowest BCUT2D eigenvalue weighted by Gasteiger charge is -2.30. The maximum absolute atomic E-state index is 13.2. The van der Waals surface area contributed by atoms with E-state index < -0.39 is 0 Å². The van der Waals surface area contributed by atoms with Crippen molar-refractivity contribution in [3.8, 4) is 5.69 Å². The van der Waals surface area contributed by atoms with E-state index in [1.807, 2.05) is 24.5 Å². The lowest BCUT2D eigenvalue weighted by Crippen LogP contribution is -2.48. The number of amides is 1. The summed E-state index contributed by atoms with van der Waals surface area (Å²) in [6.45, 7) is 7.90. The molecule has 0 saturated carbocycles. The molecule has 2 aromatic rings. The maximum atomic E-state index is 13.2. The molecule has 0 spiro atoms. The van der Waals surface area contributed by atoms with E-state index in [4.69, 9.17) is 0 Å². The first kappa shape index (κ1) is 19.5. The molecule has 1 aliphatic heterocycles. The molecule has 1 saturated heterocycles. The Balaban J connectivity index is 0.00000225. The van der Waals surface area contributed by atoms with Gasteiger partial charge in [0.05, 0.1) is 5.56 Å². The van der Waals surface area contributed by atoms with Crippen LogP contribution in [0.15, 0.2) is 30.3 Å². The van der Waals surface area contributed by atoms with Crippen LogP contribution >= 0.6 is 12.4 Å². The second-order valence-corrected chi connectivity index (χ2v) is 6.65. The minimum atomic E-state index is -0.265. The molecule has 2 heterocycles. The van der Waals surface area contributed by atoms with Gasteiger partial charge >= 0.3 is 0 Å². The number of hydrogen-bond acceptors (Lipinski definition) is 2. The molecule has 4 nitrogen and oxygen atoms in total. The third kappa shape index (κ3) is 4.05. The van der Waals surface area contributed by atoms with Crippen molar-refractivity contribution in [2.75, 3.05) is 13.1 Å². The number of halogens is 2. The van der Waals surface area contributed by atoms with Crippen LogP contribution in [0, 0.1) is 25.6 Å². The minimum Gasteiger partial charge on any atom is -0.349 e. The van der Waals surface area contributed by atoms with Crippen molar-refractivity contribution in [3.05, 3.63) is 53.1 Å². The maximum Gasteiger partial charge on any atom is 0.253 e. The summed E-state index contributed by atoms with van der Waals surface area (Å²) in [7, 11) is 0. The smallest absolute Gasteiger partial charge is 0.253 e. The summed E-state index contributed by atoms with van der Waals surface area (Å²) >= 11 is 0. The van der Waals surface area contributed by atoms with Gasteiger partial charge in [-0.25, -0.2) is 4.39 Å². The monoisotopic (exact) mass is 365 g/mol. The number of rotatable bonds is 3. The molecular formula is C19H25ClFN3O. The van der Waals surface area contributed by atoms with Crippen LogP contribution in [-0.2, 0) is 0 Å². The van der Waals surface area contributed by atoms with Gasteiger partial charge < -0.3 is 15.2 Å². The zero-order chi connectivity index (χ0) is 17.3. The van der Waals surface area contributed by atoms with Crippen LogP contribution in [0.25, 0.3) is 5.69 Å². The number of nitrogens with zero attached hydrogens (tertiary/aromatic N) is 1. The van der Waals surface area contributed by atoms with E-state index in [2.05, 4.69) is 17.6 Å². The fourth-order valence-electron chi connectivity index (χ4n) is 3.45. The molecule has 6 heteroatoms. The van der Waals surface area contributed by atoms with Crippen LogP contribution in [0.2, 0.25) is 0 Å². The van der Waals surface area contributed by atoms with E-state index >= 15 is 0 Å². The fourth-order valence-corrected chi connectivity index (χ4v) is 3.45. The van der Waals surface area contributed by atoms with Gasteiger partial charge in [-0.3, -0.25) is 4.79 Å². The van der Waals surface area contributed by atoms with Gasteiger partial charge in [-0.15, -0.1) is 12.4 Å². The topological polar surface area (TPSA) is 46.1 Å². The van der Waals surface area contributed by atoms with Crippen LogP contribution < -0.4 is 10.6 Å². The fraction of sp³-hybridized carbons (Fsp3) is 0.421. The van der Waals surface area contributed by atoms with Crippen LogP contribution in [0.3, 0.4) is 0 Å². The molecule has 3 rings (SSSR count). The largest absolute Gasteiger partial charge is 0.349 e. The quantitative estimate of drug-likeness (QED) is 0.875. The first-order chi connectivity index (χ1) is 11.5. The van der Waals surface area contributed by atoms with Gasteiger partial charge in [0.2, 0.25) is 0 Å². The minimum absolute atomic E-state index is 0. The SMILES string of the molecule is Cc1cc(C(=O)NC2CCNCC2C)c(C)n1-c1ccc(F)cc1.Cl. The van der Waals surface area contributed by atoms with Gasteiger partial charge in [0.25, 0.3) is 5.91 Å². The van der Waals surface area contributed by atoms with Crippen LogP contribution in [0.4, 0.5) is 4.39 Å². The predicted molar refractivity (Wildman–Crippen MR) is 100 cm³/mol. The molecule has 1 amide bonds. The van der Waals surface area contributed by atoms with Gasteiger partial charge in [0, 0.05) is 23.1 Å². The third-order valence-corrected chi connectivity index (χ3v) is 4.86. The average molecular weight is 366 g/mol. The zero-order valence-corrected chi connectivity index (χ0v) is 15.6. The molecule has 25 heavy (non-hydrogen) atoms. The summed E-state index contributed by atoms with van der Waals surface area (Å²) in [6.07, 6.45) is 0.948. The van der Waals surface area contributed by atoms with Gasteiger partial charge in [-0.1, -0.05) is 6.92 Å². The lowest BCUT2D eigenvalue weighted by atomic mass is 9.95. The lowest BCUT2D eigenvalue weighted by molar-refractivity contribution is 0.0913. The second-order valence-electron chi connectivity index (χ2n) is 6.65. The van der Waals surface area contributed by atoms with E-state index in [0.29, 0.717) is 11.5 Å². The molecule has 0 bridgehead atoms. The average Bonchev–Trinajstić information content (AvgIpc) is 2.85. The van der Waals surface area contributed by atoms with Gasteiger partial charge in [-0.2, -0.15) is 0 Å². The van der Waals surface area contributed by atoms with Crippen molar-refractivity contribution in [3.63, 3.8) is 0 Å². The van der Waals surface area contributed by atoms with Crippen molar-refractivity contribution < 1.29 is 9.18 Å². The molecule has 136 valence electrons. The Hall–Kier alpha value is -1.85. The number of carbonyl (C=O) groups excluding carboxylic acids is 1. The summed E-state index contributed by atoms with van der Waals surface area (Å²) in [5.41, 5.74) is 3.38. The van der Waals surface area contributed by atoms with Crippen molar-refractivity contribution >= 4 is 18.3 Å². The summed E-state index contributed by atoms with van der Waals surface area (Å²) in [4.78, 5) is 12.7. The zero-order valence-electron chi connectivity index (χ0n) is 14.8. The van der Waals surface area contributed by atoms with Crippen molar-refractivity contribution in [2.24, 2.45) is 5.92 Å². The summed E-state index contributed by atoms with van der Waals surface area (Å²) < 4.78 is 15.1. The van der Waals surface area contributed by atoms with Crippen molar-refractivity contribution in [1.82, 2.24) is 15.2 Å². The van der Waals surface area contributed by atoms with Crippen LogP contribution in [0.5, 0.6) is 0 Å². The Morgan fingerprint density at radius 2 is 1.96 bits per heavy atom. The summed E-state index contributed by atoms with van der Waals surface area (Å²) in [6, 6.07) is 8.43. The molecule has 0 radical (unpaired) electrons. The van der Waals surface area contributed by atoms with E-state index in [1.165, 1.54) is 12.1 Å². The van der Waals surface area contributed by atoms with Crippen molar-refractivity contribution in [1.29, 1.82) is 0 Å². The first-order valence-corrected chi connectivity index (χ1v) is 8.44. The summed E-state index contributed by atoms with van der Waals surface area (Å²) in [5, 5.41) is 6.52. The Morgan fingerprint density at radius 1 is 1.28 bits per heavy atom. The van der Waals surface area contributed by atoms with Gasteiger partial charge in [-0.05, 0) is 69.6 Å². The molecule has 2 unspecified atom stereocenters. The van der Waals surface area contributed by atoms with Gasteiger partial charge in [0.15, 0.2) is 0 Å². The number of nitrogens with one attached hydrogen (secondary N) is 2. The highest BCUT2D eigenvalue weighted by atomic mass is 35.5. The predicted octanol–water partition coefficient (Wildman–Crippen LogP) is 3.38. The van der Waals surface area contributed by atoms with E-state index in [9.17, 15) is 9.18 Å². The highest BCUT2D eigenvalue weighted by Crippen LogP contribution is 2.22. The van der Waals surface area contributed by atoms with Crippen molar-refractivity contribution in [2.45, 2.75) is 33.2 Å². The second kappa shape index (κ2) is 8.02. The number of aryl methyl sites for hydroxylation is 1. The molecule has 1 fully saturated rings. The van der Waals surface area contributed by atoms with E-state index in [-0.39, 0.29) is 30.2 Å². The Bertz CT molecular complexity index is 742. The van der Waals surface area contributed by atoms with E-state index in [1.54, 1.807) is 12.1 Å². The molecule has 1 aliphatic rings. The highest BCUT2D eigenvalue weighted by Gasteiger charge is 2.25. The summed E-state index contributed by atoms with van der Waals surface area (Å²) in [5.74, 6) is 0.123. The van der Waals surface area contributed by atoms with E-state index in [0.717, 1.165) is 36.6 Å². The van der Waals surface area contributed by atoms with Crippen LogP contribution in [-0.4, -0.2) is 29.6 Å². The first-order valence-electron chi connectivity index (χ1n) is 8.44. The third-order valence-electron chi connectivity index (χ3n) is 4.86. The Kier molecular flexibility index (Phi) is 6.25.